The Morgan fingerprint density at radius 2 is 2.18 bits per heavy atom. The van der Waals surface area contributed by atoms with Crippen molar-refractivity contribution in [1.82, 2.24) is 0 Å². The standard InChI is InChI=1S/C9H13NO/c1-8(2)10-7-3-4-9(11)5-6-9/h4,8,11H,5-6H2,1-2H3. The van der Waals surface area contributed by atoms with E-state index in [0.29, 0.717) is 0 Å². The minimum absolute atomic E-state index is 0.254. The Labute approximate surface area is 67.0 Å². The Kier molecular flexibility index (Phi) is 2.31. The molecule has 1 aliphatic carbocycles. The zero-order valence-corrected chi connectivity index (χ0v) is 6.96. The summed E-state index contributed by atoms with van der Waals surface area (Å²) in [6.45, 7) is 3.95. The van der Waals surface area contributed by atoms with Gasteiger partial charge in [-0.15, -0.1) is 0 Å². The third kappa shape index (κ3) is 3.20. The Morgan fingerprint density at radius 1 is 1.55 bits per heavy atom. The van der Waals surface area contributed by atoms with Gasteiger partial charge in [-0.1, -0.05) is 5.73 Å². The molecule has 1 aliphatic rings. The van der Waals surface area contributed by atoms with Crippen molar-refractivity contribution in [2.75, 3.05) is 0 Å². The predicted octanol–water partition coefficient (Wildman–Crippen LogP) is 1.30. The molecule has 60 valence electrons. The minimum atomic E-state index is -0.570. The van der Waals surface area contributed by atoms with Crippen LogP contribution >= 0.6 is 0 Å². The monoisotopic (exact) mass is 151 g/mol. The molecular formula is C9H13NO. The lowest BCUT2D eigenvalue weighted by Gasteiger charge is -1.91. The van der Waals surface area contributed by atoms with E-state index in [4.69, 9.17) is 0 Å². The number of rotatable bonds is 2. The molecule has 1 saturated carbocycles. The molecule has 0 atom stereocenters. The summed E-state index contributed by atoms with van der Waals surface area (Å²) in [5, 5.41) is 9.29. The van der Waals surface area contributed by atoms with Crippen LogP contribution in [0.2, 0.25) is 0 Å². The van der Waals surface area contributed by atoms with Gasteiger partial charge >= 0.3 is 0 Å². The molecule has 0 heterocycles. The van der Waals surface area contributed by atoms with Gasteiger partial charge in [0.2, 0.25) is 0 Å². The third-order valence-corrected chi connectivity index (χ3v) is 1.49. The van der Waals surface area contributed by atoms with E-state index in [1.165, 1.54) is 0 Å². The van der Waals surface area contributed by atoms with Crippen LogP contribution in [0.1, 0.15) is 26.7 Å². The van der Waals surface area contributed by atoms with E-state index in [-0.39, 0.29) is 6.04 Å². The molecule has 2 nitrogen and oxygen atoms in total. The maximum atomic E-state index is 9.29. The fourth-order valence-electron chi connectivity index (χ4n) is 0.605. The summed E-state index contributed by atoms with van der Waals surface area (Å²) in [6, 6.07) is 0.254. The van der Waals surface area contributed by atoms with Crippen LogP contribution in [0.3, 0.4) is 0 Å². The summed E-state index contributed by atoms with van der Waals surface area (Å²) in [5.41, 5.74) is 2.16. The molecule has 11 heavy (non-hydrogen) atoms. The highest BCUT2D eigenvalue weighted by Gasteiger charge is 2.37. The number of hydrogen-bond acceptors (Lipinski definition) is 2. The van der Waals surface area contributed by atoms with Crippen molar-refractivity contribution in [1.29, 1.82) is 0 Å². The molecule has 0 aromatic heterocycles. The molecule has 0 saturated heterocycles. The summed E-state index contributed by atoms with van der Waals surface area (Å²) >= 11 is 0. The average Bonchev–Trinajstić information content (AvgIpc) is 2.62. The van der Waals surface area contributed by atoms with Gasteiger partial charge in [-0.25, -0.2) is 4.99 Å². The van der Waals surface area contributed by atoms with E-state index in [1.807, 2.05) is 13.8 Å². The molecule has 0 amide bonds. The fraction of sp³-hybridized carbons (Fsp3) is 0.667. The SMILES string of the molecule is CC(C)N=C=C=CC1(O)CC1. The van der Waals surface area contributed by atoms with Crippen molar-refractivity contribution in [2.45, 2.75) is 38.3 Å². The van der Waals surface area contributed by atoms with Gasteiger partial charge in [0.25, 0.3) is 0 Å². The van der Waals surface area contributed by atoms with Crippen LogP contribution < -0.4 is 0 Å². The van der Waals surface area contributed by atoms with E-state index in [0.717, 1.165) is 12.8 Å². The van der Waals surface area contributed by atoms with Gasteiger partial charge in [0.15, 0.2) is 0 Å². The second kappa shape index (κ2) is 3.06. The molecule has 0 aromatic rings. The highest BCUT2D eigenvalue weighted by atomic mass is 16.3. The van der Waals surface area contributed by atoms with Crippen molar-refractivity contribution >= 4 is 5.87 Å². The third-order valence-electron chi connectivity index (χ3n) is 1.49. The van der Waals surface area contributed by atoms with Gasteiger partial charge in [-0.05, 0) is 32.8 Å². The highest BCUT2D eigenvalue weighted by molar-refractivity contribution is 5.51. The van der Waals surface area contributed by atoms with Crippen LogP contribution in [-0.4, -0.2) is 22.6 Å². The number of aliphatic hydroxyl groups is 1. The van der Waals surface area contributed by atoms with Crippen LogP contribution in [0.4, 0.5) is 0 Å². The van der Waals surface area contributed by atoms with E-state index < -0.39 is 5.60 Å². The van der Waals surface area contributed by atoms with Gasteiger partial charge in [-0.2, -0.15) is 0 Å². The Bertz CT molecular complexity index is 226. The Hall–Kier alpha value is -0.810. The summed E-state index contributed by atoms with van der Waals surface area (Å²) in [7, 11) is 0. The van der Waals surface area contributed by atoms with Crippen LogP contribution in [0.5, 0.6) is 0 Å². The zero-order chi connectivity index (χ0) is 8.32. The van der Waals surface area contributed by atoms with Crippen LogP contribution in [0.25, 0.3) is 0 Å². The lowest BCUT2D eigenvalue weighted by atomic mass is 10.3. The summed E-state index contributed by atoms with van der Waals surface area (Å²) in [5.74, 6) is 2.64. The molecule has 0 bridgehead atoms. The topological polar surface area (TPSA) is 32.6 Å². The van der Waals surface area contributed by atoms with E-state index >= 15 is 0 Å². The van der Waals surface area contributed by atoms with Crippen molar-refractivity contribution in [3.05, 3.63) is 11.8 Å². The van der Waals surface area contributed by atoms with Crippen molar-refractivity contribution in [2.24, 2.45) is 4.99 Å². The van der Waals surface area contributed by atoms with E-state index in [1.54, 1.807) is 6.08 Å². The maximum Gasteiger partial charge on any atom is 0.0910 e. The molecule has 1 fully saturated rings. The number of nitrogens with zero attached hydrogens (tertiary/aromatic N) is 1. The first-order chi connectivity index (χ1) is 5.12. The quantitative estimate of drug-likeness (QED) is 0.468. The van der Waals surface area contributed by atoms with Gasteiger partial charge in [0, 0.05) is 5.87 Å². The highest BCUT2D eigenvalue weighted by Crippen LogP contribution is 2.35. The van der Waals surface area contributed by atoms with Gasteiger partial charge < -0.3 is 5.11 Å². The molecule has 0 aliphatic heterocycles. The zero-order valence-electron chi connectivity index (χ0n) is 6.96. The summed E-state index contributed by atoms with van der Waals surface area (Å²) in [4.78, 5) is 3.95. The lowest BCUT2D eigenvalue weighted by Crippen LogP contribution is -1.98. The predicted molar refractivity (Wildman–Crippen MR) is 44.8 cm³/mol. The van der Waals surface area contributed by atoms with Crippen molar-refractivity contribution in [3.63, 3.8) is 0 Å². The van der Waals surface area contributed by atoms with Crippen molar-refractivity contribution in [3.8, 4) is 0 Å². The molecule has 1 rings (SSSR count). The number of hydrogen-bond donors (Lipinski definition) is 1. The van der Waals surface area contributed by atoms with Crippen molar-refractivity contribution < 1.29 is 5.11 Å². The molecule has 2 heteroatoms. The molecule has 0 aromatic carbocycles. The first-order valence-electron chi connectivity index (χ1n) is 3.89. The normalized spacial score (nSPS) is 18.5. The molecule has 0 spiro atoms. The van der Waals surface area contributed by atoms with Crippen LogP contribution in [0, 0.1) is 0 Å². The second-order valence-corrected chi connectivity index (χ2v) is 3.23. The largest absolute Gasteiger partial charge is 0.385 e. The Morgan fingerprint density at radius 3 is 2.64 bits per heavy atom. The summed E-state index contributed by atoms with van der Waals surface area (Å²) < 4.78 is 0. The molecular weight excluding hydrogens is 138 g/mol. The van der Waals surface area contributed by atoms with Gasteiger partial charge in [0.1, 0.15) is 0 Å². The first-order valence-corrected chi connectivity index (χ1v) is 3.89. The first kappa shape index (κ1) is 8.29. The smallest absolute Gasteiger partial charge is 0.0910 e. The number of aliphatic imine (C=N–C) groups is 1. The lowest BCUT2D eigenvalue weighted by molar-refractivity contribution is 0.202. The fourth-order valence-corrected chi connectivity index (χ4v) is 0.605. The summed E-state index contributed by atoms with van der Waals surface area (Å²) in [6.07, 6.45) is 3.34. The van der Waals surface area contributed by atoms with Crippen LogP contribution in [0.15, 0.2) is 16.8 Å². The van der Waals surface area contributed by atoms with Crippen LogP contribution in [-0.2, 0) is 0 Å². The van der Waals surface area contributed by atoms with Gasteiger partial charge in [-0.3, -0.25) is 0 Å². The average molecular weight is 151 g/mol. The minimum Gasteiger partial charge on any atom is -0.385 e. The van der Waals surface area contributed by atoms with Gasteiger partial charge in [0.05, 0.1) is 11.6 Å². The van der Waals surface area contributed by atoms with E-state index in [9.17, 15) is 5.11 Å². The molecule has 0 unspecified atom stereocenters. The van der Waals surface area contributed by atoms with E-state index in [2.05, 4.69) is 16.6 Å². The second-order valence-electron chi connectivity index (χ2n) is 3.23. The maximum absolute atomic E-state index is 9.29. The molecule has 1 N–H and O–H groups in total. The Balaban J connectivity index is 2.51. The molecule has 0 radical (unpaired) electrons.